The van der Waals surface area contributed by atoms with E-state index in [4.69, 9.17) is 4.74 Å². The van der Waals surface area contributed by atoms with E-state index in [1.165, 1.54) is 5.56 Å². The highest BCUT2D eigenvalue weighted by molar-refractivity contribution is 5.94. The molecular formula is C22H28N2O2. The van der Waals surface area contributed by atoms with Gasteiger partial charge in [0.15, 0.2) is 0 Å². The molecule has 1 saturated carbocycles. The lowest BCUT2D eigenvalue weighted by Crippen LogP contribution is -2.39. The van der Waals surface area contributed by atoms with Gasteiger partial charge in [0.05, 0.1) is 0 Å². The second-order valence-electron chi connectivity index (χ2n) is 8.06. The molecule has 0 spiro atoms. The Bertz CT molecular complexity index is 712. The van der Waals surface area contributed by atoms with Crippen LogP contribution in [0.1, 0.15) is 62.4 Å². The SMILES string of the molecule is CC(C)(C)c1ccc(C(=O)NC2CCC(Oc3ccccn3)CC2)cc1. The van der Waals surface area contributed by atoms with Crippen LogP contribution in [-0.2, 0) is 5.41 Å². The number of rotatable bonds is 4. The molecule has 0 saturated heterocycles. The van der Waals surface area contributed by atoms with Crippen molar-refractivity contribution in [2.24, 2.45) is 0 Å². The minimum Gasteiger partial charge on any atom is -0.474 e. The number of benzene rings is 1. The molecule has 0 atom stereocenters. The summed E-state index contributed by atoms with van der Waals surface area (Å²) in [7, 11) is 0. The molecule has 1 heterocycles. The van der Waals surface area contributed by atoms with Crippen molar-refractivity contribution in [3.8, 4) is 5.88 Å². The van der Waals surface area contributed by atoms with E-state index in [0.717, 1.165) is 31.2 Å². The summed E-state index contributed by atoms with van der Waals surface area (Å²) >= 11 is 0. The molecule has 4 heteroatoms. The maximum Gasteiger partial charge on any atom is 0.251 e. The Balaban J connectivity index is 1.49. The van der Waals surface area contributed by atoms with Gasteiger partial charge >= 0.3 is 0 Å². The zero-order valence-corrected chi connectivity index (χ0v) is 15.9. The van der Waals surface area contributed by atoms with Gasteiger partial charge in [-0.1, -0.05) is 39.0 Å². The van der Waals surface area contributed by atoms with Crippen LogP contribution < -0.4 is 10.1 Å². The minimum atomic E-state index is 0.0135. The lowest BCUT2D eigenvalue weighted by atomic mass is 9.86. The van der Waals surface area contributed by atoms with Gasteiger partial charge in [-0.05, 0) is 54.9 Å². The average molecular weight is 352 g/mol. The monoisotopic (exact) mass is 352 g/mol. The number of hydrogen-bond acceptors (Lipinski definition) is 3. The summed E-state index contributed by atoms with van der Waals surface area (Å²) in [6, 6.07) is 13.9. The maximum atomic E-state index is 12.5. The second kappa shape index (κ2) is 7.90. The highest BCUT2D eigenvalue weighted by Gasteiger charge is 2.24. The molecule has 0 bridgehead atoms. The van der Waals surface area contributed by atoms with E-state index in [9.17, 15) is 4.79 Å². The predicted molar refractivity (Wildman–Crippen MR) is 104 cm³/mol. The average Bonchev–Trinajstić information content (AvgIpc) is 2.63. The van der Waals surface area contributed by atoms with Crippen molar-refractivity contribution in [1.82, 2.24) is 10.3 Å². The van der Waals surface area contributed by atoms with Crippen molar-refractivity contribution < 1.29 is 9.53 Å². The molecule has 1 aliphatic rings. The summed E-state index contributed by atoms with van der Waals surface area (Å²) in [6.07, 6.45) is 5.66. The molecular weight excluding hydrogens is 324 g/mol. The summed E-state index contributed by atoms with van der Waals surface area (Å²) < 4.78 is 5.91. The number of amides is 1. The number of pyridine rings is 1. The molecule has 1 fully saturated rings. The van der Waals surface area contributed by atoms with Crippen LogP contribution in [-0.4, -0.2) is 23.0 Å². The van der Waals surface area contributed by atoms with E-state index in [0.29, 0.717) is 5.88 Å². The van der Waals surface area contributed by atoms with Crippen molar-refractivity contribution >= 4 is 5.91 Å². The van der Waals surface area contributed by atoms with Gasteiger partial charge in [0.1, 0.15) is 6.10 Å². The van der Waals surface area contributed by atoms with Crippen molar-refractivity contribution in [2.75, 3.05) is 0 Å². The molecule has 1 N–H and O–H groups in total. The first-order valence-corrected chi connectivity index (χ1v) is 9.41. The molecule has 4 nitrogen and oxygen atoms in total. The highest BCUT2D eigenvalue weighted by Crippen LogP contribution is 2.24. The quantitative estimate of drug-likeness (QED) is 0.881. The third kappa shape index (κ3) is 4.84. The van der Waals surface area contributed by atoms with Crippen molar-refractivity contribution in [3.05, 3.63) is 59.8 Å². The summed E-state index contributed by atoms with van der Waals surface area (Å²) in [5.74, 6) is 0.693. The molecule has 3 rings (SSSR count). The highest BCUT2D eigenvalue weighted by atomic mass is 16.5. The first-order chi connectivity index (χ1) is 12.4. The van der Waals surface area contributed by atoms with Gasteiger partial charge in [-0.3, -0.25) is 4.79 Å². The fraction of sp³-hybridized carbons (Fsp3) is 0.455. The zero-order chi connectivity index (χ0) is 18.6. The van der Waals surface area contributed by atoms with Crippen molar-refractivity contribution in [2.45, 2.75) is 64.0 Å². The number of carbonyl (C=O) groups excluding carboxylic acids is 1. The summed E-state index contributed by atoms with van der Waals surface area (Å²) in [6.45, 7) is 6.52. The van der Waals surface area contributed by atoms with Crippen LogP contribution in [0.4, 0.5) is 0 Å². The summed E-state index contributed by atoms with van der Waals surface area (Å²) in [4.78, 5) is 16.7. The first-order valence-electron chi connectivity index (χ1n) is 9.41. The van der Waals surface area contributed by atoms with E-state index in [1.807, 2.05) is 42.5 Å². The van der Waals surface area contributed by atoms with Crippen LogP contribution in [0.5, 0.6) is 5.88 Å². The van der Waals surface area contributed by atoms with E-state index >= 15 is 0 Å². The maximum absolute atomic E-state index is 12.5. The fourth-order valence-corrected chi connectivity index (χ4v) is 3.30. The van der Waals surface area contributed by atoms with E-state index in [1.54, 1.807) is 6.20 Å². The van der Waals surface area contributed by atoms with Gasteiger partial charge in [0.25, 0.3) is 5.91 Å². The van der Waals surface area contributed by atoms with E-state index in [-0.39, 0.29) is 23.5 Å². The number of hydrogen-bond donors (Lipinski definition) is 1. The molecule has 1 aromatic carbocycles. The molecule has 1 aromatic heterocycles. The third-order valence-corrected chi connectivity index (χ3v) is 4.95. The third-order valence-electron chi connectivity index (χ3n) is 4.95. The normalized spacial score (nSPS) is 20.4. The van der Waals surface area contributed by atoms with Crippen LogP contribution in [0, 0.1) is 0 Å². The number of nitrogens with zero attached hydrogens (tertiary/aromatic N) is 1. The molecule has 1 aliphatic carbocycles. The molecule has 0 unspecified atom stereocenters. The molecule has 2 aromatic rings. The Morgan fingerprint density at radius 3 is 2.31 bits per heavy atom. The lowest BCUT2D eigenvalue weighted by Gasteiger charge is -2.29. The Morgan fingerprint density at radius 1 is 1.04 bits per heavy atom. The topological polar surface area (TPSA) is 51.2 Å². The minimum absolute atomic E-state index is 0.0135. The molecule has 1 amide bonds. The van der Waals surface area contributed by atoms with E-state index in [2.05, 4.69) is 31.1 Å². The lowest BCUT2D eigenvalue weighted by molar-refractivity contribution is 0.0890. The largest absolute Gasteiger partial charge is 0.474 e. The van der Waals surface area contributed by atoms with E-state index < -0.39 is 0 Å². The van der Waals surface area contributed by atoms with Crippen LogP contribution in [0.3, 0.4) is 0 Å². The summed E-state index contributed by atoms with van der Waals surface area (Å²) in [5.41, 5.74) is 2.06. The van der Waals surface area contributed by atoms with Crippen LogP contribution >= 0.6 is 0 Å². The number of aromatic nitrogens is 1. The van der Waals surface area contributed by atoms with Crippen molar-refractivity contribution in [3.63, 3.8) is 0 Å². The molecule has 138 valence electrons. The Morgan fingerprint density at radius 2 is 1.73 bits per heavy atom. The second-order valence-corrected chi connectivity index (χ2v) is 8.06. The number of carbonyl (C=O) groups is 1. The zero-order valence-electron chi connectivity index (χ0n) is 15.9. The molecule has 26 heavy (non-hydrogen) atoms. The standard InChI is InChI=1S/C22H28N2O2/c1-22(2,3)17-9-7-16(8-10-17)21(25)24-18-11-13-19(14-12-18)26-20-6-4-5-15-23-20/h4-10,15,18-19H,11-14H2,1-3H3,(H,24,25). The fourth-order valence-electron chi connectivity index (χ4n) is 3.30. The summed E-state index contributed by atoms with van der Waals surface area (Å²) in [5, 5.41) is 3.17. The Hall–Kier alpha value is -2.36. The van der Waals surface area contributed by atoms with Gasteiger partial charge in [-0.2, -0.15) is 0 Å². The van der Waals surface area contributed by atoms with Crippen molar-refractivity contribution in [1.29, 1.82) is 0 Å². The molecule has 0 radical (unpaired) electrons. The van der Waals surface area contributed by atoms with Gasteiger partial charge in [-0.25, -0.2) is 4.98 Å². The van der Waals surface area contributed by atoms with Gasteiger partial charge in [-0.15, -0.1) is 0 Å². The Labute approximate surface area is 156 Å². The Kier molecular flexibility index (Phi) is 5.60. The van der Waals surface area contributed by atoms with Crippen LogP contribution in [0.2, 0.25) is 0 Å². The number of nitrogens with one attached hydrogen (secondary N) is 1. The number of ether oxygens (including phenoxy) is 1. The smallest absolute Gasteiger partial charge is 0.251 e. The van der Waals surface area contributed by atoms with Crippen LogP contribution in [0.15, 0.2) is 48.7 Å². The van der Waals surface area contributed by atoms with Gasteiger partial charge < -0.3 is 10.1 Å². The molecule has 0 aliphatic heterocycles. The predicted octanol–water partition coefficient (Wildman–Crippen LogP) is 4.50. The first kappa shape index (κ1) is 18.4. The van der Waals surface area contributed by atoms with Crippen LogP contribution in [0.25, 0.3) is 0 Å². The van der Waals surface area contributed by atoms with Gasteiger partial charge in [0, 0.05) is 23.9 Å². The van der Waals surface area contributed by atoms with Gasteiger partial charge in [0.2, 0.25) is 5.88 Å².